The molecule has 2 N–H and O–H groups in total. The van der Waals surface area contributed by atoms with Crippen LogP contribution in [0.1, 0.15) is 17.3 Å². The van der Waals surface area contributed by atoms with E-state index in [4.69, 9.17) is 4.74 Å². The van der Waals surface area contributed by atoms with Crippen LogP contribution in [0.25, 0.3) is 0 Å². The molecular formula is C16H22N6O2. The summed E-state index contributed by atoms with van der Waals surface area (Å²) in [5.74, 6) is 0.700. The van der Waals surface area contributed by atoms with Gasteiger partial charge < -0.3 is 20.3 Å². The number of hydrogen-bond donors (Lipinski definition) is 2. The Morgan fingerprint density at radius 3 is 2.67 bits per heavy atom. The summed E-state index contributed by atoms with van der Waals surface area (Å²) < 4.78 is 4.95. The minimum absolute atomic E-state index is 0.333. The Labute approximate surface area is 141 Å². The number of esters is 1. The molecule has 8 nitrogen and oxygen atoms in total. The second kappa shape index (κ2) is 8.78. The molecule has 0 atom stereocenters. The monoisotopic (exact) mass is 330 g/mol. The summed E-state index contributed by atoms with van der Waals surface area (Å²) in [7, 11) is 4.00. The van der Waals surface area contributed by atoms with E-state index >= 15 is 0 Å². The van der Waals surface area contributed by atoms with Gasteiger partial charge in [-0.3, -0.25) is 0 Å². The molecule has 0 radical (unpaired) electrons. The van der Waals surface area contributed by atoms with Gasteiger partial charge in [0.1, 0.15) is 0 Å². The first-order valence-electron chi connectivity index (χ1n) is 7.71. The van der Waals surface area contributed by atoms with Crippen molar-refractivity contribution in [1.29, 1.82) is 0 Å². The molecule has 0 amide bonds. The Morgan fingerprint density at radius 2 is 2.00 bits per heavy atom. The first kappa shape index (κ1) is 17.6. The molecule has 0 aliphatic rings. The molecule has 1 aromatic carbocycles. The van der Waals surface area contributed by atoms with Gasteiger partial charge in [0.05, 0.1) is 18.4 Å². The molecule has 1 heterocycles. The fourth-order valence-corrected chi connectivity index (χ4v) is 1.88. The molecule has 0 aliphatic carbocycles. The Bertz CT molecular complexity index is 660. The molecular weight excluding hydrogens is 308 g/mol. The van der Waals surface area contributed by atoms with Crippen LogP contribution in [-0.2, 0) is 4.74 Å². The van der Waals surface area contributed by atoms with Gasteiger partial charge in [0.2, 0.25) is 5.95 Å². The molecule has 2 aromatic rings. The minimum atomic E-state index is -0.333. The number of aromatic nitrogens is 3. The van der Waals surface area contributed by atoms with Crippen LogP contribution in [-0.4, -0.2) is 59.8 Å². The van der Waals surface area contributed by atoms with Crippen LogP contribution in [0.15, 0.2) is 30.5 Å². The summed E-state index contributed by atoms with van der Waals surface area (Å²) >= 11 is 0. The van der Waals surface area contributed by atoms with Crippen molar-refractivity contribution in [2.24, 2.45) is 0 Å². The third-order valence-corrected chi connectivity index (χ3v) is 3.07. The van der Waals surface area contributed by atoms with Gasteiger partial charge in [-0.25, -0.2) is 4.79 Å². The van der Waals surface area contributed by atoms with Crippen LogP contribution in [0.4, 0.5) is 17.5 Å². The highest BCUT2D eigenvalue weighted by molar-refractivity contribution is 5.89. The number of rotatable bonds is 8. The molecule has 128 valence electrons. The van der Waals surface area contributed by atoms with Crippen molar-refractivity contribution >= 4 is 23.4 Å². The molecule has 1 aromatic heterocycles. The fourth-order valence-electron chi connectivity index (χ4n) is 1.88. The maximum atomic E-state index is 11.6. The highest BCUT2D eigenvalue weighted by Gasteiger charge is 2.06. The van der Waals surface area contributed by atoms with Gasteiger partial charge in [0, 0.05) is 18.8 Å². The third-order valence-electron chi connectivity index (χ3n) is 3.07. The molecule has 0 fully saturated rings. The number of ether oxygens (including phenoxy) is 1. The summed E-state index contributed by atoms with van der Waals surface area (Å²) in [4.78, 5) is 18.0. The summed E-state index contributed by atoms with van der Waals surface area (Å²) in [5.41, 5.74) is 1.30. The Morgan fingerprint density at radius 1 is 1.25 bits per heavy atom. The maximum absolute atomic E-state index is 11.6. The van der Waals surface area contributed by atoms with E-state index in [1.54, 1.807) is 31.2 Å². The van der Waals surface area contributed by atoms with Gasteiger partial charge in [-0.2, -0.15) is 10.1 Å². The molecule has 0 spiro atoms. The first-order chi connectivity index (χ1) is 11.6. The SMILES string of the molecule is CCOC(=O)c1ccc(Nc2cnnc(NCCN(C)C)n2)cc1. The topological polar surface area (TPSA) is 92.3 Å². The van der Waals surface area contributed by atoms with E-state index in [0.29, 0.717) is 23.9 Å². The minimum Gasteiger partial charge on any atom is -0.462 e. The van der Waals surface area contributed by atoms with Crippen molar-refractivity contribution in [3.63, 3.8) is 0 Å². The van der Waals surface area contributed by atoms with E-state index < -0.39 is 0 Å². The van der Waals surface area contributed by atoms with Crippen LogP contribution in [0.5, 0.6) is 0 Å². The molecule has 0 unspecified atom stereocenters. The number of hydrogen-bond acceptors (Lipinski definition) is 8. The third kappa shape index (κ3) is 5.47. The first-order valence-corrected chi connectivity index (χ1v) is 7.71. The lowest BCUT2D eigenvalue weighted by molar-refractivity contribution is 0.0526. The maximum Gasteiger partial charge on any atom is 0.338 e. The van der Waals surface area contributed by atoms with Crippen LogP contribution >= 0.6 is 0 Å². The lowest BCUT2D eigenvalue weighted by atomic mass is 10.2. The van der Waals surface area contributed by atoms with E-state index in [0.717, 1.165) is 18.8 Å². The van der Waals surface area contributed by atoms with E-state index in [9.17, 15) is 4.79 Å². The summed E-state index contributed by atoms with van der Waals surface area (Å²) in [6.07, 6.45) is 1.54. The van der Waals surface area contributed by atoms with Crippen molar-refractivity contribution in [2.75, 3.05) is 44.4 Å². The smallest absolute Gasteiger partial charge is 0.338 e. The highest BCUT2D eigenvalue weighted by atomic mass is 16.5. The second-order valence-corrected chi connectivity index (χ2v) is 5.32. The van der Waals surface area contributed by atoms with Crippen molar-refractivity contribution in [1.82, 2.24) is 20.1 Å². The van der Waals surface area contributed by atoms with Crippen molar-refractivity contribution in [2.45, 2.75) is 6.92 Å². The van der Waals surface area contributed by atoms with Crippen molar-refractivity contribution < 1.29 is 9.53 Å². The molecule has 0 bridgehead atoms. The van der Waals surface area contributed by atoms with E-state index in [-0.39, 0.29) is 5.97 Å². The lowest BCUT2D eigenvalue weighted by Gasteiger charge is -2.11. The highest BCUT2D eigenvalue weighted by Crippen LogP contribution is 2.15. The zero-order chi connectivity index (χ0) is 17.4. The average Bonchev–Trinajstić information content (AvgIpc) is 2.56. The molecule has 0 saturated carbocycles. The normalized spacial score (nSPS) is 10.5. The van der Waals surface area contributed by atoms with Crippen molar-refractivity contribution in [3.05, 3.63) is 36.0 Å². The van der Waals surface area contributed by atoms with Gasteiger partial charge in [-0.15, -0.1) is 5.10 Å². The van der Waals surface area contributed by atoms with Crippen LogP contribution in [0.2, 0.25) is 0 Å². The summed E-state index contributed by atoms with van der Waals surface area (Å²) in [6.45, 7) is 3.73. The number of nitrogens with one attached hydrogen (secondary N) is 2. The van der Waals surface area contributed by atoms with Crippen molar-refractivity contribution in [3.8, 4) is 0 Å². The molecule has 8 heteroatoms. The molecule has 0 saturated heterocycles. The van der Waals surface area contributed by atoms with E-state index in [2.05, 4.69) is 30.7 Å². The summed E-state index contributed by atoms with van der Waals surface area (Å²) in [6, 6.07) is 6.97. The number of anilines is 3. The average molecular weight is 330 g/mol. The standard InChI is InChI=1S/C16H22N6O2/c1-4-24-15(23)12-5-7-13(8-6-12)19-14-11-18-21-16(20-14)17-9-10-22(2)3/h5-8,11H,4,9-10H2,1-3H3,(H2,17,19,20,21). The van der Waals surface area contributed by atoms with Crippen LogP contribution in [0.3, 0.4) is 0 Å². The van der Waals surface area contributed by atoms with Gasteiger partial charge in [-0.05, 0) is 45.3 Å². The lowest BCUT2D eigenvalue weighted by Crippen LogP contribution is -2.21. The zero-order valence-electron chi connectivity index (χ0n) is 14.1. The molecule has 0 aliphatic heterocycles. The van der Waals surface area contributed by atoms with Gasteiger partial charge >= 0.3 is 5.97 Å². The predicted molar refractivity (Wildman–Crippen MR) is 92.6 cm³/mol. The number of likely N-dealkylation sites (N-methyl/N-ethyl adjacent to an activating group) is 1. The van der Waals surface area contributed by atoms with Crippen LogP contribution < -0.4 is 10.6 Å². The number of carbonyl (C=O) groups excluding carboxylic acids is 1. The van der Waals surface area contributed by atoms with Gasteiger partial charge in [0.15, 0.2) is 5.82 Å². The van der Waals surface area contributed by atoms with Crippen LogP contribution in [0, 0.1) is 0 Å². The van der Waals surface area contributed by atoms with Gasteiger partial charge in [0.25, 0.3) is 0 Å². The largest absolute Gasteiger partial charge is 0.462 e. The van der Waals surface area contributed by atoms with Gasteiger partial charge in [-0.1, -0.05) is 0 Å². The number of nitrogens with zero attached hydrogens (tertiary/aromatic N) is 4. The van der Waals surface area contributed by atoms with E-state index in [1.165, 1.54) is 6.20 Å². The Hall–Kier alpha value is -2.74. The number of benzene rings is 1. The molecule has 24 heavy (non-hydrogen) atoms. The Balaban J connectivity index is 1.96. The Kier molecular flexibility index (Phi) is 6.44. The number of carbonyl (C=O) groups is 1. The quantitative estimate of drug-likeness (QED) is 0.708. The second-order valence-electron chi connectivity index (χ2n) is 5.32. The zero-order valence-corrected chi connectivity index (χ0v) is 14.1. The predicted octanol–water partition coefficient (Wildman–Crippen LogP) is 1.77. The van der Waals surface area contributed by atoms with E-state index in [1.807, 2.05) is 14.1 Å². The fraction of sp³-hybridized carbons (Fsp3) is 0.375. The summed E-state index contributed by atoms with van der Waals surface area (Å²) in [5, 5.41) is 14.1. The molecule has 2 rings (SSSR count).